The van der Waals surface area contributed by atoms with Gasteiger partial charge in [-0.15, -0.1) is 0 Å². The maximum Gasteiger partial charge on any atom is 0.0604 e. The summed E-state index contributed by atoms with van der Waals surface area (Å²) in [5.74, 6) is 1.95. The molecule has 20 heavy (non-hydrogen) atoms. The molecule has 0 bridgehead atoms. The van der Waals surface area contributed by atoms with Gasteiger partial charge in [0, 0.05) is 37.5 Å². The Hall–Kier alpha value is 0.230. The van der Waals surface area contributed by atoms with E-state index in [-0.39, 0.29) is 0 Å². The summed E-state index contributed by atoms with van der Waals surface area (Å²) in [5, 5.41) is 3.67. The lowest BCUT2D eigenvalue weighted by molar-refractivity contribution is -0.0205. The lowest BCUT2D eigenvalue weighted by Crippen LogP contribution is -2.49. The topological polar surface area (TPSA) is 24.5 Å². The van der Waals surface area contributed by atoms with Crippen LogP contribution in [0.15, 0.2) is 0 Å². The van der Waals surface area contributed by atoms with Crippen LogP contribution in [0.5, 0.6) is 0 Å². The Labute approximate surface area is 130 Å². The molecular weight excluding hydrogens is 268 g/mol. The van der Waals surface area contributed by atoms with Gasteiger partial charge >= 0.3 is 0 Å². The fourth-order valence-electron chi connectivity index (χ4n) is 2.84. The maximum absolute atomic E-state index is 5.93. The van der Waals surface area contributed by atoms with E-state index < -0.39 is 0 Å². The Morgan fingerprint density at radius 2 is 2.00 bits per heavy atom. The molecule has 1 unspecified atom stereocenters. The first-order valence-corrected chi connectivity index (χ1v) is 9.45. The van der Waals surface area contributed by atoms with Crippen LogP contribution in [0.4, 0.5) is 0 Å². The molecule has 0 aliphatic heterocycles. The van der Waals surface area contributed by atoms with Crippen molar-refractivity contribution in [2.45, 2.75) is 58.2 Å². The van der Waals surface area contributed by atoms with Gasteiger partial charge in [-0.05, 0) is 45.4 Å². The van der Waals surface area contributed by atoms with E-state index in [4.69, 9.17) is 4.74 Å². The van der Waals surface area contributed by atoms with Crippen LogP contribution in [0.2, 0.25) is 0 Å². The van der Waals surface area contributed by atoms with Crippen molar-refractivity contribution in [1.82, 2.24) is 10.2 Å². The van der Waals surface area contributed by atoms with Crippen molar-refractivity contribution in [3.05, 3.63) is 0 Å². The second-order valence-corrected chi connectivity index (χ2v) is 7.60. The minimum Gasteiger partial charge on any atom is -0.378 e. The van der Waals surface area contributed by atoms with Gasteiger partial charge < -0.3 is 15.0 Å². The van der Waals surface area contributed by atoms with Gasteiger partial charge in [0.05, 0.1) is 6.10 Å². The zero-order chi connectivity index (χ0) is 15.0. The van der Waals surface area contributed by atoms with Crippen molar-refractivity contribution in [3.63, 3.8) is 0 Å². The number of ether oxygens (including phenoxy) is 1. The molecule has 1 atom stereocenters. The molecule has 1 aliphatic rings. The second-order valence-electron chi connectivity index (χ2n) is 6.69. The number of nitrogens with one attached hydrogen (secondary N) is 1. The van der Waals surface area contributed by atoms with Crippen LogP contribution in [0.25, 0.3) is 0 Å². The van der Waals surface area contributed by atoms with Crippen LogP contribution < -0.4 is 5.32 Å². The van der Waals surface area contributed by atoms with E-state index in [1.54, 1.807) is 0 Å². The Balaban J connectivity index is 1.93. The van der Waals surface area contributed by atoms with Gasteiger partial charge in [0.1, 0.15) is 0 Å². The summed E-state index contributed by atoms with van der Waals surface area (Å²) in [6, 6.07) is 1.31. The summed E-state index contributed by atoms with van der Waals surface area (Å²) in [4.78, 5) is 2.41. The molecule has 120 valence electrons. The van der Waals surface area contributed by atoms with Crippen LogP contribution in [-0.4, -0.2) is 61.8 Å². The van der Waals surface area contributed by atoms with Gasteiger partial charge in [0.25, 0.3) is 0 Å². The molecule has 0 spiro atoms. The highest BCUT2D eigenvalue weighted by atomic mass is 32.2. The van der Waals surface area contributed by atoms with Crippen LogP contribution in [-0.2, 0) is 4.74 Å². The minimum absolute atomic E-state index is 0.504. The third-order valence-corrected chi connectivity index (χ3v) is 4.58. The van der Waals surface area contributed by atoms with Crippen molar-refractivity contribution >= 4 is 11.8 Å². The van der Waals surface area contributed by atoms with Crippen molar-refractivity contribution < 1.29 is 4.74 Å². The molecule has 0 aromatic rings. The third-order valence-electron chi connectivity index (χ3n) is 3.75. The molecule has 1 aliphatic carbocycles. The summed E-state index contributed by atoms with van der Waals surface area (Å²) >= 11 is 1.91. The molecule has 0 amide bonds. The van der Waals surface area contributed by atoms with Crippen LogP contribution >= 0.6 is 11.8 Å². The summed E-state index contributed by atoms with van der Waals surface area (Å²) in [6.45, 7) is 10.1. The van der Waals surface area contributed by atoms with Crippen molar-refractivity contribution in [2.24, 2.45) is 5.92 Å². The molecule has 0 saturated heterocycles. The summed E-state index contributed by atoms with van der Waals surface area (Å²) in [7, 11) is 2.20. The van der Waals surface area contributed by atoms with E-state index in [0.717, 1.165) is 25.5 Å². The van der Waals surface area contributed by atoms with Crippen molar-refractivity contribution in [3.8, 4) is 0 Å². The van der Waals surface area contributed by atoms with E-state index in [1.807, 2.05) is 11.8 Å². The predicted molar refractivity (Wildman–Crippen MR) is 90.7 cm³/mol. The first kappa shape index (κ1) is 18.3. The molecule has 3 nitrogen and oxygen atoms in total. The van der Waals surface area contributed by atoms with Gasteiger partial charge in [0.15, 0.2) is 0 Å². The Morgan fingerprint density at radius 3 is 2.60 bits per heavy atom. The SMILES string of the molecule is CSCC(C)N[C@H]1C[C@H](OCCCN(C)CC(C)C)C1. The number of nitrogens with zero attached hydrogens (tertiary/aromatic N) is 1. The van der Waals surface area contributed by atoms with Gasteiger partial charge in [-0.1, -0.05) is 13.8 Å². The molecule has 4 heteroatoms. The largest absolute Gasteiger partial charge is 0.378 e. The van der Waals surface area contributed by atoms with E-state index >= 15 is 0 Å². The van der Waals surface area contributed by atoms with Crippen LogP contribution in [0.3, 0.4) is 0 Å². The number of rotatable bonds is 11. The zero-order valence-corrected chi connectivity index (χ0v) is 14.8. The van der Waals surface area contributed by atoms with Gasteiger partial charge in [-0.2, -0.15) is 11.8 Å². The van der Waals surface area contributed by atoms with E-state index in [9.17, 15) is 0 Å². The van der Waals surface area contributed by atoms with E-state index in [0.29, 0.717) is 18.2 Å². The molecule has 0 radical (unpaired) electrons. The average Bonchev–Trinajstić information content (AvgIpc) is 2.30. The third kappa shape index (κ3) is 7.87. The van der Waals surface area contributed by atoms with Gasteiger partial charge in [-0.3, -0.25) is 0 Å². The molecule has 0 aromatic carbocycles. The molecule has 0 heterocycles. The van der Waals surface area contributed by atoms with E-state index in [2.05, 4.69) is 44.3 Å². The molecule has 1 saturated carbocycles. The highest BCUT2D eigenvalue weighted by Crippen LogP contribution is 2.24. The first-order valence-electron chi connectivity index (χ1n) is 8.06. The van der Waals surface area contributed by atoms with Gasteiger partial charge in [-0.25, -0.2) is 0 Å². The second kappa shape index (κ2) is 10.0. The Kier molecular flexibility index (Phi) is 9.18. The highest BCUT2D eigenvalue weighted by molar-refractivity contribution is 7.98. The average molecular weight is 303 g/mol. The molecule has 1 rings (SSSR count). The monoisotopic (exact) mass is 302 g/mol. The lowest BCUT2D eigenvalue weighted by atomic mass is 9.89. The number of hydrogen-bond donors (Lipinski definition) is 1. The van der Waals surface area contributed by atoms with Crippen LogP contribution in [0, 0.1) is 5.92 Å². The normalized spacial score (nSPS) is 24.1. The number of thioether (sulfide) groups is 1. The Bertz CT molecular complexity index is 245. The smallest absolute Gasteiger partial charge is 0.0604 e. The Morgan fingerprint density at radius 1 is 1.30 bits per heavy atom. The zero-order valence-electron chi connectivity index (χ0n) is 14.0. The molecule has 0 aromatic heterocycles. The predicted octanol–water partition coefficient (Wildman–Crippen LogP) is 2.85. The quantitative estimate of drug-likeness (QED) is 0.593. The highest BCUT2D eigenvalue weighted by Gasteiger charge is 2.30. The fourth-order valence-corrected chi connectivity index (χ4v) is 3.43. The van der Waals surface area contributed by atoms with E-state index in [1.165, 1.54) is 25.1 Å². The molecule has 1 N–H and O–H groups in total. The summed E-state index contributed by atoms with van der Waals surface area (Å²) < 4.78 is 5.93. The maximum atomic E-state index is 5.93. The lowest BCUT2D eigenvalue weighted by Gasteiger charge is -2.37. The number of hydrogen-bond acceptors (Lipinski definition) is 4. The summed E-state index contributed by atoms with van der Waals surface area (Å²) in [6.07, 6.45) is 6.22. The summed E-state index contributed by atoms with van der Waals surface area (Å²) in [5.41, 5.74) is 0. The molecular formula is C16H34N2OS. The molecule has 1 fully saturated rings. The van der Waals surface area contributed by atoms with Gasteiger partial charge in [0.2, 0.25) is 0 Å². The van der Waals surface area contributed by atoms with Crippen molar-refractivity contribution in [2.75, 3.05) is 38.8 Å². The van der Waals surface area contributed by atoms with Crippen LogP contribution in [0.1, 0.15) is 40.0 Å². The van der Waals surface area contributed by atoms with Crippen molar-refractivity contribution in [1.29, 1.82) is 0 Å². The standard InChI is InChI=1S/C16H34N2OS/c1-13(2)11-18(4)7-6-8-19-16-9-15(10-16)17-14(3)12-20-5/h13-17H,6-12H2,1-5H3/t14?,15-,16-. The minimum atomic E-state index is 0.504. The first-order chi connectivity index (χ1) is 9.51. The fraction of sp³-hybridized carbons (Fsp3) is 1.00.